The highest BCUT2D eigenvalue weighted by atomic mass is 79.9. The minimum absolute atomic E-state index is 0.0213. The molecule has 0 saturated heterocycles. The van der Waals surface area contributed by atoms with Crippen molar-refractivity contribution in [3.05, 3.63) is 157 Å². The van der Waals surface area contributed by atoms with Crippen LogP contribution in [0.1, 0.15) is 59.1 Å². The summed E-state index contributed by atoms with van der Waals surface area (Å²) in [5, 5.41) is 147. The summed E-state index contributed by atoms with van der Waals surface area (Å²) in [5.41, 5.74) is 3.39. The van der Waals surface area contributed by atoms with E-state index in [1.54, 1.807) is 54.6 Å². The van der Waals surface area contributed by atoms with Gasteiger partial charge in [-0.2, -0.15) is 0 Å². The Hall–Kier alpha value is -6.86. The number of hydrogen-bond acceptors (Lipinski definition) is 30. The Morgan fingerprint density at radius 2 is 0.519 bits per heavy atom. The van der Waals surface area contributed by atoms with Crippen LogP contribution in [0.5, 0.6) is 34.5 Å². The highest BCUT2D eigenvalue weighted by Gasteiger charge is 2.24. The fourth-order valence-electron chi connectivity index (χ4n) is 9.21. The van der Waals surface area contributed by atoms with E-state index in [0.29, 0.717) is 112 Å². The van der Waals surface area contributed by atoms with Gasteiger partial charge in [-0.3, -0.25) is 28.8 Å². The minimum atomic E-state index is -0.645. The number of phenolic OH excluding ortho intramolecular Hbond substituents is 6. The van der Waals surface area contributed by atoms with Crippen LogP contribution >= 0.6 is 160 Å². The summed E-state index contributed by atoms with van der Waals surface area (Å²) in [6, 6.07) is 25.1. The maximum absolute atomic E-state index is 13.1. The van der Waals surface area contributed by atoms with Crippen molar-refractivity contribution < 1.29 is 90.6 Å². The minimum Gasteiger partial charge on any atom is -0.507 e. The van der Waals surface area contributed by atoms with Gasteiger partial charge in [0.05, 0.1) is 26.8 Å². The van der Waals surface area contributed by atoms with Gasteiger partial charge in [-0.1, -0.05) is 120 Å². The van der Waals surface area contributed by atoms with Crippen molar-refractivity contribution >= 4 is 230 Å². The number of Topliss-reactive ketones (excluding diaryl/α,β-unsaturated/α-hetero) is 2. The van der Waals surface area contributed by atoms with Crippen LogP contribution in [0.4, 0.5) is 0 Å². The summed E-state index contributed by atoms with van der Waals surface area (Å²) in [6.45, 7) is 1.19. The molecule has 580 valence electrons. The van der Waals surface area contributed by atoms with E-state index in [9.17, 15) is 90.6 Å². The Balaban J connectivity index is 0.000000485. The van der Waals surface area contributed by atoms with Gasteiger partial charge >= 0.3 is 0 Å². The molecule has 0 heterocycles. The number of benzene rings is 6. The number of amides is 4. The Labute approximate surface area is 693 Å². The molecular weight excluding hydrogens is 1920 g/mol. The molecule has 108 heavy (non-hydrogen) atoms. The Morgan fingerprint density at radius 3 is 0.769 bits per heavy atom. The lowest BCUT2D eigenvalue weighted by Gasteiger charge is -2.15. The first kappa shape index (κ1) is 91.7. The number of phenols is 6. The molecule has 0 spiro atoms. The zero-order chi connectivity index (χ0) is 79.2. The maximum Gasteiger partial charge on any atom is 0.269 e. The van der Waals surface area contributed by atoms with Gasteiger partial charge in [-0.15, -0.1) is 0 Å². The number of carbonyl (C=O) groups is 6. The van der Waals surface area contributed by atoms with Gasteiger partial charge in [0.15, 0.2) is 11.6 Å². The summed E-state index contributed by atoms with van der Waals surface area (Å²) in [5.74, 6) is 0.296. The predicted octanol–water partition coefficient (Wildman–Crippen LogP) is 13.5. The molecule has 0 unspecified atom stereocenters. The zero-order valence-electron chi connectivity index (χ0n) is 56.6. The van der Waals surface area contributed by atoms with Gasteiger partial charge in [-0.05, 0) is 215 Å². The number of oxime groups is 6. The molecule has 6 aromatic rings. The van der Waals surface area contributed by atoms with E-state index in [1.165, 1.54) is 107 Å². The van der Waals surface area contributed by atoms with Gasteiger partial charge in [0.25, 0.3) is 23.6 Å². The van der Waals surface area contributed by atoms with Crippen LogP contribution in [0.3, 0.4) is 0 Å². The van der Waals surface area contributed by atoms with Crippen LogP contribution in [-0.4, -0.2) is 192 Å². The van der Waals surface area contributed by atoms with Gasteiger partial charge in [0, 0.05) is 123 Å². The number of aromatic hydroxyl groups is 6. The second-order valence-electron chi connectivity index (χ2n) is 22.4. The lowest BCUT2D eigenvalue weighted by Crippen LogP contribution is -2.34. The molecule has 0 bridgehead atoms. The molecule has 0 radical (unpaired) electrons. The lowest BCUT2D eigenvalue weighted by molar-refractivity contribution is -0.115. The van der Waals surface area contributed by atoms with Crippen molar-refractivity contribution in [1.82, 2.24) is 21.3 Å². The Bertz CT molecular complexity index is 4070. The fraction of sp³-hybridized carbons (Fsp3) is 0.294. The molecule has 0 fully saturated rings. The molecule has 0 aliphatic rings. The number of halogens is 6. The maximum atomic E-state index is 13.1. The van der Waals surface area contributed by atoms with Gasteiger partial charge in [0.1, 0.15) is 68.8 Å². The predicted molar refractivity (Wildman–Crippen MR) is 447 cm³/mol. The summed E-state index contributed by atoms with van der Waals surface area (Å²) in [4.78, 5) is 75.7. The first-order chi connectivity index (χ1) is 51.7. The molecule has 0 aliphatic carbocycles. The van der Waals surface area contributed by atoms with E-state index in [4.69, 9.17) is 0 Å². The highest BCUT2D eigenvalue weighted by molar-refractivity contribution is 9.11. The molecule has 16 N–H and O–H groups in total. The Morgan fingerprint density at radius 1 is 0.296 bits per heavy atom. The normalized spacial score (nSPS) is 12.1. The highest BCUT2D eigenvalue weighted by Crippen LogP contribution is 2.44. The fourth-order valence-corrected chi connectivity index (χ4v) is 17.7. The number of nitrogens with one attached hydrogen (secondary N) is 4. The standard InChI is InChI=1S/C46H48Br4N6O12S4.C22H24Br2N4O6S2/c47-31-17-25(5-7-39(31)57)21-35(53-65)41(59)3-1-11-69-70-12-2-4-42(60)36(54-66)23-27-15-29(43(61)33(49)19-27)30-16-28(20-34(50)44(30)62)24-38(56-68)46(64)52-10-14-72-71-13-9-51-45(63)37(55-67)22-26-6-8-40(58)32(48)18-26;23-15-9-13(1-3-19(15)29)11-17(27-33)21(31)25-5-7-35-36-8-6-26-22(32)18(28-34)12-14-2-4-20(30)16(24)10-14/h5-8,15-20,57-58,61-62,65-68H,1-4,9-14,21-24H2,(H,51,63)(H,52,64);1-4,9-10,29-30,33-34H,5-8,11-12H2,(H,25,31)(H,26,32)/b53-35-,54-36-,55-37-,56-38-;27-17-,28-18-. The molecule has 28 nitrogen and oxygen atoms in total. The van der Waals surface area contributed by atoms with E-state index in [1.807, 2.05) is 0 Å². The molecular formula is C68H72Br6N10O18S6. The summed E-state index contributed by atoms with van der Waals surface area (Å²) in [7, 11) is 8.92. The molecule has 0 atom stereocenters. The summed E-state index contributed by atoms with van der Waals surface area (Å²) < 4.78 is 2.30. The van der Waals surface area contributed by atoms with E-state index in [0.717, 1.165) is 0 Å². The van der Waals surface area contributed by atoms with Gasteiger partial charge in [-0.25, -0.2) is 0 Å². The van der Waals surface area contributed by atoms with Crippen LogP contribution in [0.25, 0.3) is 11.1 Å². The lowest BCUT2D eigenvalue weighted by atomic mass is 9.95. The SMILES string of the molecule is O=C(CCCSSCCCC(=O)/C(Cc1cc(Br)c(O)c(-c2cc(C/C(=N/O)C(=O)NCCSSCCNC(=O)/C(Cc3ccc(O)c(Br)c3)=N\O)cc(Br)c2O)c1)=N\O)/C(Cc1ccc(O)c(Br)c1)=N\O.O=C(NCCSSCCNC(=O)/C(Cc1ccc(O)c(Br)c1)=N\O)/C(Cc1ccc(O)c(Br)c1)=N\O. The van der Waals surface area contributed by atoms with E-state index < -0.39 is 29.4 Å². The topological polar surface area (TPSA) is 467 Å². The van der Waals surface area contributed by atoms with E-state index in [-0.39, 0.29) is 159 Å². The van der Waals surface area contributed by atoms with Crippen molar-refractivity contribution in [3.63, 3.8) is 0 Å². The third-order valence-electron chi connectivity index (χ3n) is 14.6. The third-order valence-corrected chi connectivity index (χ3v) is 25.8. The number of rotatable bonds is 42. The average Bonchev–Trinajstić information content (AvgIpc) is 0.785. The van der Waals surface area contributed by atoms with E-state index >= 15 is 0 Å². The Kier molecular flexibility index (Phi) is 42.0. The van der Waals surface area contributed by atoms with Crippen molar-refractivity contribution in [2.24, 2.45) is 30.9 Å². The van der Waals surface area contributed by atoms with Crippen LogP contribution < -0.4 is 21.3 Å². The van der Waals surface area contributed by atoms with Crippen molar-refractivity contribution in [1.29, 1.82) is 0 Å². The van der Waals surface area contributed by atoms with Gasteiger partial charge in [0.2, 0.25) is 0 Å². The van der Waals surface area contributed by atoms with Crippen LogP contribution in [0, 0.1) is 0 Å². The molecule has 0 saturated carbocycles. The zero-order valence-corrected chi connectivity index (χ0v) is 71.0. The smallest absolute Gasteiger partial charge is 0.269 e. The summed E-state index contributed by atoms with van der Waals surface area (Å²) in [6.07, 6.45) is 1.38. The second-order valence-corrected chi connectivity index (χ2v) is 35.7. The molecule has 4 amide bonds. The van der Waals surface area contributed by atoms with Crippen molar-refractivity contribution in [3.8, 4) is 45.6 Å². The van der Waals surface area contributed by atoms with Gasteiger partial charge < -0.3 is 83.1 Å². The number of carbonyl (C=O) groups excluding carboxylic acids is 6. The van der Waals surface area contributed by atoms with E-state index in [2.05, 4.69) is 148 Å². The second kappa shape index (κ2) is 49.4. The molecule has 6 aromatic carbocycles. The molecule has 0 aliphatic heterocycles. The van der Waals surface area contributed by atoms with Crippen LogP contribution in [0.15, 0.2) is 155 Å². The number of hydrogen-bond donors (Lipinski definition) is 16. The van der Waals surface area contributed by atoms with Crippen LogP contribution in [-0.2, 0) is 67.3 Å². The third kappa shape index (κ3) is 31.5. The molecule has 40 heteroatoms. The first-order valence-electron chi connectivity index (χ1n) is 31.8. The first-order valence-corrected chi connectivity index (χ1v) is 44.1. The number of nitrogens with zero attached hydrogens (tertiary/aromatic N) is 6. The molecule has 6 rings (SSSR count). The average molecular weight is 1990 g/mol. The quantitative estimate of drug-likeness (QED) is 0.00556. The molecule has 0 aromatic heterocycles. The largest absolute Gasteiger partial charge is 0.507 e. The van der Waals surface area contributed by atoms with Crippen molar-refractivity contribution in [2.75, 3.05) is 60.7 Å². The summed E-state index contributed by atoms with van der Waals surface area (Å²) >= 11 is 19.5. The monoisotopic (exact) mass is 1980 g/mol. The van der Waals surface area contributed by atoms with Crippen LogP contribution in [0.2, 0.25) is 0 Å². The van der Waals surface area contributed by atoms with Crippen molar-refractivity contribution in [2.45, 2.75) is 64.2 Å². The number of ketones is 2.